The Morgan fingerprint density at radius 1 is 1.41 bits per heavy atom. The number of nitrogens with two attached hydrogens (primary N) is 1. The lowest BCUT2D eigenvalue weighted by Crippen LogP contribution is -2.50. The van der Waals surface area contributed by atoms with Gasteiger partial charge < -0.3 is 16.4 Å². The smallest absolute Gasteiger partial charge is 0.254 e. The van der Waals surface area contributed by atoms with E-state index in [9.17, 15) is 9.59 Å². The van der Waals surface area contributed by atoms with Crippen molar-refractivity contribution in [3.8, 4) is 0 Å². The largest absolute Gasteiger partial charge is 0.398 e. The summed E-state index contributed by atoms with van der Waals surface area (Å²) in [5, 5.41) is 5.41. The molecular weight excluding hydrogens is 218 g/mol. The van der Waals surface area contributed by atoms with E-state index >= 15 is 0 Å². The maximum Gasteiger partial charge on any atom is 0.254 e. The van der Waals surface area contributed by atoms with Gasteiger partial charge in [-0.25, -0.2) is 0 Å². The molecule has 1 atom stereocenters. The Bertz CT molecular complexity index is 445. The Balaban J connectivity index is 2.06. The molecule has 1 aliphatic rings. The molecule has 0 spiro atoms. The standard InChI is InChI=1S/C12H15N3O2/c13-9-5-2-1-4-8(9)11(16)15-10-6-3-7-14-12(10)17/h1-2,4-5,10H,3,6-7,13H2,(H,14,17)(H,15,16)/t10-/m1/s1. The van der Waals surface area contributed by atoms with Crippen LogP contribution in [0.1, 0.15) is 23.2 Å². The first-order chi connectivity index (χ1) is 8.18. The van der Waals surface area contributed by atoms with Crippen molar-refractivity contribution in [1.82, 2.24) is 10.6 Å². The topological polar surface area (TPSA) is 84.2 Å². The molecule has 0 unspecified atom stereocenters. The van der Waals surface area contributed by atoms with Crippen LogP contribution in [0.2, 0.25) is 0 Å². The van der Waals surface area contributed by atoms with Gasteiger partial charge in [0.1, 0.15) is 6.04 Å². The molecule has 2 amide bonds. The molecule has 1 aromatic rings. The van der Waals surface area contributed by atoms with Gasteiger partial charge in [-0.1, -0.05) is 12.1 Å². The van der Waals surface area contributed by atoms with Gasteiger partial charge in [-0.2, -0.15) is 0 Å². The number of benzene rings is 1. The predicted molar refractivity (Wildman–Crippen MR) is 64.4 cm³/mol. The number of nitrogens with one attached hydrogen (secondary N) is 2. The van der Waals surface area contributed by atoms with Crippen LogP contribution in [-0.2, 0) is 4.79 Å². The lowest BCUT2D eigenvalue weighted by Gasteiger charge is -2.22. The highest BCUT2D eigenvalue weighted by Crippen LogP contribution is 2.11. The van der Waals surface area contributed by atoms with Crippen molar-refractivity contribution in [3.05, 3.63) is 29.8 Å². The number of para-hydroxylation sites is 1. The van der Waals surface area contributed by atoms with E-state index in [2.05, 4.69) is 10.6 Å². The van der Waals surface area contributed by atoms with Gasteiger partial charge in [0.2, 0.25) is 5.91 Å². The highest BCUT2D eigenvalue weighted by molar-refractivity contribution is 6.01. The second-order valence-corrected chi connectivity index (χ2v) is 4.05. The maximum absolute atomic E-state index is 11.9. The Morgan fingerprint density at radius 2 is 2.18 bits per heavy atom. The summed E-state index contributed by atoms with van der Waals surface area (Å²) in [6.45, 7) is 0.679. The molecule has 17 heavy (non-hydrogen) atoms. The van der Waals surface area contributed by atoms with Gasteiger partial charge in [-0.15, -0.1) is 0 Å². The number of hydrogen-bond donors (Lipinski definition) is 3. The van der Waals surface area contributed by atoms with Crippen molar-refractivity contribution in [2.75, 3.05) is 12.3 Å². The third kappa shape index (κ3) is 2.55. The van der Waals surface area contributed by atoms with E-state index in [0.717, 1.165) is 6.42 Å². The second kappa shape index (κ2) is 4.86. The molecule has 5 nitrogen and oxygen atoms in total. The van der Waals surface area contributed by atoms with E-state index in [1.807, 2.05) is 0 Å². The highest BCUT2D eigenvalue weighted by atomic mass is 16.2. The van der Waals surface area contributed by atoms with E-state index in [1.54, 1.807) is 24.3 Å². The Hall–Kier alpha value is -2.04. The van der Waals surface area contributed by atoms with Crippen LogP contribution in [0.3, 0.4) is 0 Å². The number of amides is 2. The molecule has 0 aromatic heterocycles. The zero-order chi connectivity index (χ0) is 12.3. The third-order valence-corrected chi connectivity index (χ3v) is 2.80. The average molecular weight is 233 g/mol. The molecule has 2 rings (SSSR count). The Morgan fingerprint density at radius 3 is 2.88 bits per heavy atom. The minimum Gasteiger partial charge on any atom is -0.398 e. The van der Waals surface area contributed by atoms with Gasteiger partial charge in [-0.05, 0) is 25.0 Å². The number of carbonyl (C=O) groups is 2. The maximum atomic E-state index is 11.9. The van der Waals surface area contributed by atoms with Crippen LogP contribution >= 0.6 is 0 Å². The lowest BCUT2D eigenvalue weighted by atomic mass is 10.1. The number of nitrogen functional groups attached to an aromatic ring is 1. The normalized spacial score (nSPS) is 19.5. The van der Waals surface area contributed by atoms with Crippen molar-refractivity contribution < 1.29 is 9.59 Å². The van der Waals surface area contributed by atoms with Crippen molar-refractivity contribution in [3.63, 3.8) is 0 Å². The zero-order valence-corrected chi connectivity index (χ0v) is 9.40. The molecule has 90 valence electrons. The first kappa shape index (κ1) is 11.4. The van der Waals surface area contributed by atoms with E-state index in [-0.39, 0.29) is 11.8 Å². The minimum absolute atomic E-state index is 0.126. The van der Waals surface area contributed by atoms with Gasteiger partial charge >= 0.3 is 0 Å². The molecule has 1 fully saturated rings. The van der Waals surface area contributed by atoms with Crippen molar-refractivity contribution in [1.29, 1.82) is 0 Å². The summed E-state index contributed by atoms with van der Waals surface area (Å²) in [5.41, 5.74) is 6.53. The molecule has 5 heteroatoms. The first-order valence-corrected chi connectivity index (χ1v) is 5.61. The van der Waals surface area contributed by atoms with Crippen LogP contribution in [0.4, 0.5) is 5.69 Å². The van der Waals surface area contributed by atoms with Crippen LogP contribution in [0.25, 0.3) is 0 Å². The summed E-state index contributed by atoms with van der Waals surface area (Å²) in [6.07, 6.45) is 1.55. The monoisotopic (exact) mass is 233 g/mol. The SMILES string of the molecule is Nc1ccccc1C(=O)N[C@@H]1CCCNC1=O. The summed E-state index contributed by atoms with van der Waals surface area (Å²) >= 11 is 0. The molecule has 1 heterocycles. The summed E-state index contributed by atoms with van der Waals surface area (Å²) < 4.78 is 0. The Kier molecular flexibility index (Phi) is 3.27. The zero-order valence-electron chi connectivity index (χ0n) is 9.40. The quantitative estimate of drug-likeness (QED) is 0.641. The van der Waals surface area contributed by atoms with Crippen LogP contribution in [0.5, 0.6) is 0 Å². The first-order valence-electron chi connectivity index (χ1n) is 5.61. The van der Waals surface area contributed by atoms with E-state index in [0.29, 0.717) is 24.2 Å². The van der Waals surface area contributed by atoms with E-state index < -0.39 is 6.04 Å². The number of rotatable bonds is 2. The minimum atomic E-state index is -0.448. The molecule has 0 aliphatic carbocycles. The van der Waals surface area contributed by atoms with Crippen molar-refractivity contribution in [2.45, 2.75) is 18.9 Å². The molecule has 0 saturated carbocycles. The molecular formula is C12H15N3O2. The highest BCUT2D eigenvalue weighted by Gasteiger charge is 2.24. The van der Waals surface area contributed by atoms with Gasteiger partial charge in [0.05, 0.1) is 5.56 Å². The van der Waals surface area contributed by atoms with E-state index in [4.69, 9.17) is 5.73 Å². The predicted octanol–water partition coefficient (Wildman–Crippen LogP) is 0.277. The van der Waals surface area contributed by atoms with Gasteiger partial charge in [0.15, 0.2) is 0 Å². The van der Waals surface area contributed by atoms with Gasteiger partial charge in [0, 0.05) is 12.2 Å². The number of carbonyl (C=O) groups excluding carboxylic acids is 2. The molecule has 4 N–H and O–H groups in total. The fraction of sp³-hybridized carbons (Fsp3) is 0.333. The second-order valence-electron chi connectivity index (χ2n) is 4.05. The fourth-order valence-corrected chi connectivity index (χ4v) is 1.85. The third-order valence-electron chi connectivity index (χ3n) is 2.80. The molecule has 0 bridgehead atoms. The molecule has 1 aliphatic heterocycles. The van der Waals surface area contributed by atoms with Gasteiger partial charge in [0.25, 0.3) is 5.91 Å². The summed E-state index contributed by atoms with van der Waals surface area (Å²) in [5.74, 6) is -0.427. The van der Waals surface area contributed by atoms with Crippen LogP contribution in [0.15, 0.2) is 24.3 Å². The number of piperidine rings is 1. The lowest BCUT2D eigenvalue weighted by molar-refractivity contribution is -0.124. The van der Waals surface area contributed by atoms with Crippen LogP contribution in [0, 0.1) is 0 Å². The number of anilines is 1. The Labute approximate surface area is 99.4 Å². The van der Waals surface area contributed by atoms with Crippen LogP contribution < -0.4 is 16.4 Å². The van der Waals surface area contributed by atoms with Crippen molar-refractivity contribution in [2.24, 2.45) is 0 Å². The fourth-order valence-electron chi connectivity index (χ4n) is 1.85. The number of hydrogen-bond acceptors (Lipinski definition) is 3. The molecule has 1 aromatic carbocycles. The van der Waals surface area contributed by atoms with Crippen molar-refractivity contribution >= 4 is 17.5 Å². The molecule has 0 radical (unpaired) electrons. The molecule has 1 saturated heterocycles. The summed E-state index contributed by atoms with van der Waals surface area (Å²) in [7, 11) is 0. The summed E-state index contributed by atoms with van der Waals surface area (Å²) in [4.78, 5) is 23.4. The van der Waals surface area contributed by atoms with E-state index in [1.165, 1.54) is 0 Å². The summed E-state index contributed by atoms with van der Waals surface area (Å²) in [6, 6.07) is 6.36. The average Bonchev–Trinajstić information content (AvgIpc) is 2.32. The van der Waals surface area contributed by atoms with Gasteiger partial charge in [-0.3, -0.25) is 9.59 Å². The van der Waals surface area contributed by atoms with Crippen LogP contribution in [-0.4, -0.2) is 24.4 Å².